The molecule has 5 nitrogen and oxygen atoms in total. The van der Waals surface area contributed by atoms with Crippen molar-refractivity contribution in [3.05, 3.63) is 65.5 Å². The molecule has 3 aromatic rings. The highest BCUT2D eigenvalue weighted by Crippen LogP contribution is 2.23. The maximum absolute atomic E-state index is 12.2. The van der Waals surface area contributed by atoms with Gasteiger partial charge in [-0.2, -0.15) is 0 Å². The minimum absolute atomic E-state index is 0.0246. The number of hydrogen-bond donors (Lipinski definition) is 1. The Kier molecular flexibility index (Phi) is 5.37. The number of rotatable bonds is 6. The van der Waals surface area contributed by atoms with Crippen LogP contribution in [0.4, 0.5) is 5.69 Å². The second kappa shape index (κ2) is 7.87. The monoisotopic (exact) mass is 350 g/mol. The van der Waals surface area contributed by atoms with Gasteiger partial charge >= 0.3 is 0 Å². The summed E-state index contributed by atoms with van der Waals surface area (Å²) in [6.45, 7) is 3.81. The van der Waals surface area contributed by atoms with Crippen LogP contribution in [0.25, 0.3) is 11.5 Å². The van der Waals surface area contributed by atoms with Crippen LogP contribution in [0, 0.1) is 13.8 Å². The zero-order valence-corrected chi connectivity index (χ0v) is 15.2. The van der Waals surface area contributed by atoms with Gasteiger partial charge in [-0.15, -0.1) is 0 Å². The number of nitrogens with one attached hydrogen (secondary N) is 1. The number of ether oxygens (including phenoxy) is 1. The third-order valence-corrected chi connectivity index (χ3v) is 4.22. The molecule has 134 valence electrons. The van der Waals surface area contributed by atoms with E-state index in [1.165, 1.54) is 0 Å². The van der Waals surface area contributed by atoms with Crippen molar-refractivity contribution in [2.75, 3.05) is 12.4 Å². The molecule has 0 aliphatic carbocycles. The molecule has 1 N–H and O–H groups in total. The van der Waals surface area contributed by atoms with E-state index >= 15 is 0 Å². The van der Waals surface area contributed by atoms with E-state index in [2.05, 4.69) is 10.3 Å². The topological polar surface area (TPSA) is 64.4 Å². The Morgan fingerprint density at radius 1 is 1.15 bits per heavy atom. The summed E-state index contributed by atoms with van der Waals surface area (Å²) < 4.78 is 10.8. The number of aromatic nitrogens is 1. The second-order valence-electron chi connectivity index (χ2n) is 6.14. The van der Waals surface area contributed by atoms with Crippen molar-refractivity contribution >= 4 is 11.6 Å². The van der Waals surface area contributed by atoms with Crippen LogP contribution in [0.2, 0.25) is 0 Å². The lowest BCUT2D eigenvalue weighted by molar-refractivity contribution is -0.116. The number of nitrogens with zero attached hydrogens (tertiary/aromatic N) is 1. The standard InChI is InChI=1S/C21H22N2O3/c1-14-15(2)26-21(22-14)17-8-10-18(11-9-17)23-20(24)12-7-16-5-4-6-19(13-16)25-3/h4-6,8-11,13H,7,12H2,1-3H3,(H,23,24). The molecular formula is C21H22N2O3. The van der Waals surface area contributed by atoms with Crippen LogP contribution >= 0.6 is 0 Å². The van der Waals surface area contributed by atoms with Crippen LogP contribution in [0.15, 0.2) is 52.9 Å². The highest BCUT2D eigenvalue weighted by Gasteiger charge is 2.09. The third kappa shape index (κ3) is 4.30. The highest BCUT2D eigenvalue weighted by atomic mass is 16.5. The van der Waals surface area contributed by atoms with Crippen LogP contribution in [0.1, 0.15) is 23.4 Å². The number of carbonyl (C=O) groups is 1. The first-order valence-corrected chi connectivity index (χ1v) is 8.52. The first-order valence-electron chi connectivity index (χ1n) is 8.52. The number of carbonyl (C=O) groups excluding carboxylic acids is 1. The molecule has 26 heavy (non-hydrogen) atoms. The largest absolute Gasteiger partial charge is 0.497 e. The Morgan fingerprint density at radius 3 is 2.58 bits per heavy atom. The molecule has 0 spiro atoms. The molecule has 0 bridgehead atoms. The highest BCUT2D eigenvalue weighted by molar-refractivity contribution is 5.91. The molecule has 1 heterocycles. The number of methoxy groups -OCH3 is 1. The molecule has 5 heteroatoms. The fourth-order valence-electron chi connectivity index (χ4n) is 2.60. The molecule has 0 saturated heterocycles. The summed E-state index contributed by atoms with van der Waals surface area (Å²) >= 11 is 0. The molecule has 0 atom stereocenters. The quantitative estimate of drug-likeness (QED) is 0.709. The molecule has 0 unspecified atom stereocenters. The molecule has 3 rings (SSSR count). The van der Waals surface area contributed by atoms with E-state index < -0.39 is 0 Å². The van der Waals surface area contributed by atoms with Gasteiger partial charge in [0.15, 0.2) is 0 Å². The van der Waals surface area contributed by atoms with Gasteiger partial charge in [-0.25, -0.2) is 4.98 Å². The maximum atomic E-state index is 12.2. The maximum Gasteiger partial charge on any atom is 0.226 e. The lowest BCUT2D eigenvalue weighted by Crippen LogP contribution is -2.12. The van der Waals surface area contributed by atoms with Crippen molar-refractivity contribution in [3.8, 4) is 17.2 Å². The van der Waals surface area contributed by atoms with Crippen LogP contribution in [0.5, 0.6) is 5.75 Å². The number of amides is 1. The van der Waals surface area contributed by atoms with Crippen molar-refractivity contribution in [2.45, 2.75) is 26.7 Å². The number of hydrogen-bond acceptors (Lipinski definition) is 4. The van der Waals surface area contributed by atoms with Crippen molar-refractivity contribution < 1.29 is 13.9 Å². The predicted octanol–water partition coefficient (Wildman–Crippen LogP) is 4.54. The Labute approximate surface area is 153 Å². The number of oxazole rings is 1. The predicted molar refractivity (Wildman–Crippen MR) is 101 cm³/mol. The Balaban J connectivity index is 1.57. The SMILES string of the molecule is COc1cccc(CCC(=O)Nc2ccc(-c3nc(C)c(C)o3)cc2)c1. The lowest BCUT2D eigenvalue weighted by Gasteiger charge is -2.07. The van der Waals surface area contributed by atoms with Gasteiger partial charge in [-0.1, -0.05) is 12.1 Å². The summed E-state index contributed by atoms with van der Waals surface area (Å²) in [6, 6.07) is 15.2. The summed E-state index contributed by atoms with van der Waals surface area (Å²) in [5.74, 6) is 2.18. The molecule has 0 aliphatic rings. The van der Waals surface area contributed by atoms with Gasteiger partial charge < -0.3 is 14.5 Å². The normalized spacial score (nSPS) is 10.6. The van der Waals surface area contributed by atoms with E-state index in [9.17, 15) is 4.79 Å². The Hall–Kier alpha value is -3.08. The summed E-state index contributed by atoms with van der Waals surface area (Å²) in [7, 11) is 1.64. The number of anilines is 1. The summed E-state index contributed by atoms with van der Waals surface area (Å²) in [4.78, 5) is 16.6. The molecule has 0 saturated carbocycles. The first kappa shape index (κ1) is 17.7. The fraction of sp³-hybridized carbons (Fsp3) is 0.238. The Morgan fingerprint density at radius 2 is 1.92 bits per heavy atom. The van der Waals surface area contributed by atoms with E-state index in [1.54, 1.807) is 7.11 Å². The second-order valence-corrected chi connectivity index (χ2v) is 6.14. The van der Waals surface area contributed by atoms with Gasteiger partial charge in [-0.05, 0) is 62.2 Å². The third-order valence-electron chi connectivity index (χ3n) is 4.22. The molecule has 0 aliphatic heterocycles. The minimum atomic E-state index is -0.0246. The minimum Gasteiger partial charge on any atom is -0.497 e. The molecule has 0 radical (unpaired) electrons. The van der Waals surface area contributed by atoms with Crippen molar-refractivity contribution in [2.24, 2.45) is 0 Å². The molecule has 0 fully saturated rings. The van der Waals surface area contributed by atoms with Crippen molar-refractivity contribution in [1.29, 1.82) is 0 Å². The smallest absolute Gasteiger partial charge is 0.226 e. The van der Waals surface area contributed by atoms with Gasteiger partial charge in [0, 0.05) is 17.7 Å². The van der Waals surface area contributed by atoms with E-state index in [0.29, 0.717) is 18.7 Å². The number of aryl methyl sites for hydroxylation is 3. The van der Waals surface area contributed by atoms with Crippen molar-refractivity contribution in [1.82, 2.24) is 4.98 Å². The first-order chi connectivity index (χ1) is 12.5. The summed E-state index contributed by atoms with van der Waals surface area (Å²) in [6.07, 6.45) is 1.07. The van der Waals surface area contributed by atoms with Crippen LogP contribution < -0.4 is 10.1 Å². The van der Waals surface area contributed by atoms with E-state index in [-0.39, 0.29) is 5.91 Å². The van der Waals surface area contributed by atoms with E-state index in [0.717, 1.165) is 34.0 Å². The van der Waals surface area contributed by atoms with Crippen LogP contribution in [-0.2, 0) is 11.2 Å². The summed E-state index contributed by atoms with van der Waals surface area (Å²) in [5, 5.41) is 2.91. The summed E-state index contributed by atoms with van der Waals surface area (Å²) in [5.41, 5.74) is 3.60. The van der Waals surface area contributed by atoms with E-state index in [1.807, 2.05) is 62.4 Å². The zero-order valence-electron chi connectivity index (χ0n) is 15.2. The average molecular weight is 350 g/mol. The molecule has 1 aromatic heterocycles. The van der Waals surface area contributed by atoms with E-state index in [4.69, 9.17) is 9.15 Å². The van der Waals surface area contributed by atoms with Crippen molar-refractivity contribution in [3.63, 3.8) is 0 Å². The van der Waals surface area contributed by atoms with Crippen LogP contribution in [0.3, 0.4) is 0 Å². The van der Waals surface area contributed by atoms with Crippen LogP contribution in [-0.4, -0.2) is 18.0 Å². The average Bonchev–Trinajstić information content (AvgIpc) is 2.99. The van der Waals surface area contributed by atoms with Gasteiger partial charge in [0.2, 0.25) is 11.8 Å². The molecular weight excluding hydrogens is 328 g/mol. The Bertz CT molecular complexity index is 878. The lowest BCUT2D eigenvalue weighted by atomic mass is 10.1. The molecule has 1 amide bonds. The van der Waals surface area contributed by atoms with Gasteiger partial charge in [0.1, 0.15) is 11.5 Å². The zero-order chi connectivity index (χ0) is 18.5. The van der Waals surface area contributed by atoms with Gasteiger partial charge in [0.25, 0.3) is 0 Å². The molecule has 2 aromatic carbocycles. The number of benzene rings is 2. The van der Waals surface area contributed by atoms with Gasteiger partial charge in [0.05, 0.1) is 12.8 Å². The van der Waals surface area contributed by atoms with Gasteiger partial charge in [-0.3, -0.25) is 4.79 Å². The fourth-order valence-corrected chi connectivity index (χ4v) is 2.60.